The van der Waals surface area contributed by atoms with Gasteiger partial charge < -0.3 is 4.74 Å². The van der Waals surface area contributed by atoms with Crippen molar-refractivity contribution in [2.45, 2.75) is 25.2 Å². The summed E-state index contributed by atoms with van der Waals surface area (Å²) in [6.07, 6.45) is 1.24. The van der Waals surface area contributed by atoms with Crippen LogP contribution in [0.5, 0.6) is 5.75 Å². The molecule has 0 unspecified atom stereocenters. The largest absolute Gasteiger partial charge is 0.494 e. The molecule has 29 heavy (non-hydrogen) atoms. The van der Waals surface area contributed by atoms with Crippen LogP contribution in [0, 0.1) is 0 Å². The van der Waals surface area contributed by atoms with Crippen LogP contribution in [0.4, 0.5) is 5.69 Å². The number of para-hydroxylation sites is 1. The van der Waals surface area contributed by atoms with Crippen molar-refractivity contribution in [1.29, 1.82) is 0 Å². The molecule has 1 aromatic heterocycles. The lowest BCUT2D eigenvalue weighted by Crippen LogP contribution is -2.60. The van der Waals surface area contributed by atoms with Crippen molar-refractivity contribution in [3.05, 3.63) is 64.4 Å². The number of thioether (sulfide) groups is 1. The molecule has 8 heteroatoms. The zero-order valence-electron chi connectivity index (χ0n) is 16.4. The minimum atomic E-state index is -0.606. The smallest absolute Gasteiger partial charge is 0.325 e. The lowest BCUT2D eigenvalue weighted by atomic mass is 10.0. The Kier molecular flexibility index (Phi) is 5.10. The summed E-state index contributed by atoms with van der Waals surface area (Å²) in [4.78, 5) is 30.2. The highest BCUT2D eigenvalue weighted by atomic mass is 32.2. The van der Waals surface area contributed by atoms with Gasteiger partial charge in [0, 0.05) is 17.6 Å². The van der Waals surface area contributed by atoms with Crippen LogP contribution >= 0.6 is 11.8 Å². The number of benzene rings is 2. The van der Waals surface area contributed by atoms with Crippen molar-refractivity contribution < 1.29 is 14.2 Å². The number of amides is 1. The highest BCUT2D eigenvalue weighted by Crippen LogP contribution is 2.37. The fourth-order valence-corrected chi connectivity index (χ4v) is 4.00. The zero-order chi connectivity index (χ0) is 20.5. The Hall–Kier alpha value is -3.13. The first-order valence-electron chi connectivity index (χ1n) is 9.27. The van der Waals surface area contributed by atoms with Crippen LogP contribution < -0.4 is 19.9 Å². The van der Waals surface area contributed by atoms with Gasteiger partial charge in [0.1, 0.15) is 5.75 Å². The molecule has 148 valence electrons. The highest BCUT2D eigenvalue weighted by molar-refractivity contribution is 7.98. The molecule has 7 nitrogen and oxygen atoms in total. The first kappa shape index (κ1) is 19.2. The number of hydrogen-bond acceptors (Lipinski definition) is 5. The van der Waals surface area contributed by atoms with E-state index in [9.17, 15) is 9.59 Å². The van der Waals surface area contributed by atoms with Gasteiger partial charge in [-0.2, -0.15) is 0 Å². The molecule has 0 aliphatic carbocycles. The van der Waals surface area contributed by atoms with E-state index in [0.717, 1.165) is 5.56 Å². The first-order valence-corrected chi connectivity index (χ1v) is 10.5. The number of carbonyl (C=O) groups is 1. The topological polar surface area (TPSA) is 79.2 Å². The maximum absolute atomic E-state index is 13.0. The Morgan fingerprint density at radius 1 is 1.28 bits per heavy atom. The SMILES string of the molecule is CCOc1cccc([C@H]2N(C(C)=O)c3ccccc3-c3c(=O)[nH]c(SC)n[n+]32)c1. The van der Waals surface area contributed by atoms with Gasteiger partial charge in [0.15, 0.2) is 0 Å². The number of ether oxygens (including phenoxy) is 1. The van der Waals surface area contributed by atoms with E-state index in [4.69, 9.17) is 4.74 Å². The van der Waals surface area contributed by atoms with Crippen LogP contribution in [0.3, 0.4) is 0 Å². The van der Waals surface area contributed by atoms with Crippen molar-refractivity contribution in [3.63, 3.8) is 0 Å². The molecule has 0 saturated carbocycles. The zero-order valence-corrected chi connectivity index (χ0v) is 17.2. The average Bonchev–Trinajstić information content (AvgIpc) is 2.72. The van der Waals surface area contributed by atoms with Gasteiger partial charge in [0.05, 0.1) is 17.9 Å². The van der Waals surface area contributed by atoms with Crippen molar-refractivity contribution in [3.8, 4) is 17.0 Å². The number of H-pyrrole nitrogens is 1. The van der Waals surface area contributed by atoms with Crippen LogP contribution in [0.15, 0.2) is 58.5 Å². The van der Waals surface area contributed by atoms with E-state index < -0.39 is 6.17 Å². The van der Waals surface area contributed by atoms with E-state index in [1.54, 1.807) is 9.58 Å². The maximum Gasteiger partial charge on any atom is 0.325 e. The van der Waals surface area contributed by atoms with Crippen LogP contribution in [-0.2, 0) is 4.79 Å². The van der Waals surface area contributed by atoms with Crippen LogP contribution in [0.1, 0.15) is 25.6 Å². The third kappa shape index (κ3) is 3.29. The van der Waals surface area contributed by atoms with Gasteiger partial charge in [-0.3, -0.25) is 14.6 Å². The fraction of sp³-hybridized carbons (Fsp3) is 0.238. The van der Waals surface area contributed by atoms with E-state index in [1.807, 2.05) is 61.7 Å². The Morgan fingerprint density at radius 2 is 2.07 bits per heavy atom. The molecule has 1 atom stereocenters. The van der Waals surface area contributed by atoms with Crippen LogP contribution in [0.25, 0.3) is 11.3 Å². The van der Waals surface area contributed by atoms with Crippen molar-refractivity contribution in [2.75, 3.05) is 17.8 Å². The molecule has 0 spiro atoms. The molecule has 1 N–H and O–H groups in total. The minimum absolute atomic E-state index is 0.143. The first-order chi connectivity index (χ1) is 14.0. The molecule has 2 aromatic carbocycles. The Labute approximate surface area is 172 Å². The summed E-state index contributed by atoms with van der Waals surface area (Å²) < 4.78 is 7.29. The average molecular weight is 409 g/mol. The maximum atomic E-state index is 13.0. The van der Waals surface area contributed by atoms with E-state index in [2.05, 4.69) is 10.1 Å². The van der Waals surface area contributed by atoms with Gasteiger partial charge in [-0.15, -0.1) is 0 Å². The van der Waals surface area contributed by atoms with Gasteiger partial charge in [0.2, 0.25) is 11.1 Å². The summed E-state index contributed by atoms with van der Waals surface area (Å²) in [6, 6.07) is 14.9. The quantitative estimate of drug-likeness (QED) is 0.530. The highest BCUT2D eigenvalue weighted by Gasteiger charge is 2.44. The lowest BCUT2D eigenvalue weighted by Gasteiger charge is -2.31. The van der Waals surface area contributed by atoms with Crippen molar-refractivity contribution in [2.24, 2.45) is 0 Å². The standard InChI is InChI=1S/C21H20N4O3S/c1-4-28-15-9-7-8-14(12-15)20-24(13(2)26)17-11-6-5-10-16(17)18-19(27)22-21(29-3)23-25(18)20/h5-12,20H,4H2,1-3H3/p+1/t20-/m0/s1. The second-order valence-electron chi connectivity index (χ2n) is 6.54. The third-order valence-corrected chi connectivity index (χ3v) is 5.33. The number of anilines is 1. The number of nitrogens with one attached hydrogen (secondary N) is 1. The number of fused-ring (bicyclic) bond motifs is 3. The molecule has 0 fully saturated rings. The van der Waals surface area contributed by atoms with Crippen LogP contribution in [-0.4, -0.2) is 28.9 Å². The number of rotatable bonds is 4. The normalized spacial score (nSPS) is 14.9. The lowest BCUT2D eigenvalue weighted by molar-refractivity contribution is -0.763. The molecule has 1 aliphatic rings. The predicted molar refractivity (Wildman–Crippen MR) is 111 cm³/mol. The molecule has 1 amide bonds. The summed E-state index contributed by atoms with van der Waals surface area (Å²) in [5.41, 5.74) is 2.32. The molecule has 3 aromatic rings. The van der Waals surface area contributed by atoms with Crippen molar-refractivity contribution in [1.82, 2.24) is 10.1 Å². The monoisotopic (exact) mass is 409 g/mol. The second-order valence-corrected chi connectivity index (χ2v) is 7.34. The molecular formula is C21H21N4O3S+. The van der Waals surface area contributed by atoms with E-state index in [1.165, 1.54) is 18.7 Å². The summed E-state index contributed by atoms with van der Waals surface area (Å²) in [6.45, 7) is 3.97. The summed E-state index contributed by atoms with van der Waals surface area (Å²) in [5, 5.41) is 5.13. The van der Waals surface area contributed by atoms with Crippen LogP contribution in [0.2, 0.25) is 0 Å². The fourth-order valence-electron chi connectivity index (χ4n) is 3.64. The summed E-state index contributed by atoms with van der Waals surface area (Å²) in [5.74, 6) is 0.555. The second kappa shape index (κ2) is 7.71. The van der Waals surface area contributed by atoms with Gasteiger partial charge >= 0.3 is 11.3 Å². The number of aromatic nitrogens is 3. The number of hydrogen-bond donors (Lipinski definition) is 1. The van der Waals surface area contributed by atoms with Gasteiger partial charge in [-0.1, -0.05) is 30.0 Å². The number of aromatic amines is 1. The Balaban J connectivity index is 2.04. The minimum Gasteiger partial charge on any atom is -0.494 e. The molecule has 0 bridgehead atoms. The van der Waals surface area contributed by atoms with Gasteiger partial charge in [0.25, 0.3) is 6.17 Å². The summed E-state index contributed by atoms with van der Waals surface area (Å²) in [7, 11) is 0. The molecule has 1 aliphatic heterocycles. The third-order valence-electron chi connectivity index (χ3n) is 4.76. The predicted octanol–water partition coefficient (Wildman–Crippen LogP) is 2.76. The van der Waals surface area contributed by atoms with E-state index in [0.29, 0.717) is 34.5 Å². The van der Waals surface area contributed by atoms with Gasteiger partial charge in [-0.05, 0) is 48.2 Å². The van der Waals surface area contributed by atoms with E-state index >= 15 is 0 Å². The molecular weight excluding hydrogens is 388 g/mol. The molecule has 4 rings (SSSR count). The Bertz CT molecular complexity index is 1140. The number of carbonyl (C=O) groups excluding carboxylic acids is 1. The van der Waals surface area contributed by atoms with E-state index in [-0.39, 0.29) is 11.5 Å². The Morgan fingerprint density at radius 3 is 2.79 bits per heavy atom. The number of nitrogens with zero attached hydrogens (tertiary/aromatic N) is 3. The molecule has 2 heterocycles. The summed E-state index contributed by atoms with van der Waals surface area (Å²) >= 11 is 1.34. The van der Waals surface area contributed by atoms with Crippen molar-refractivity contribution >= 4 is 23.4 Å². The van der Waals surface area contributed by atoms with Gasteiger partial charge in [-0.25, -0.2) is 4.90 Å². The molecule has 0 saturated heterocycles. The molecule has 0 radical (unpaired) electrons.